The number of H-pyrrole nitrogens is 2. The van der Waals surface area contributed by atoms with Crippen LogP contribution in [0.2, 0.25) is 0 Å². The molecule has 0 amide bonds. The Hall–Kier alpha value is -4.08. The molecule has 1 aromatic heterocycles. The van der Waals surface area contributed by atoms with Gasteiger partial charge in [-0.3, -0.25) is 25.3 Å². The van der Waals surface area contributed by atoms with E-state index in [9.17, 15) is 28.4 Å². The van der Waals surface area contributed by atoms with Crippen LogP contribution in [0.1, 0.15) is 5.56 Å². The largest absolute Gasteiger partial charge is 0.494 e. The van der Waals surface area contributed by atoms with Crippen molar-refractivity contribution >= 4 is 45.5 Å². The number of para-hydroxylation sites is 1. The van der Waals surface area contributed by atoms with Crippen molar-refractivity contribution in [2.24, 2.45) is 5.10 Å². The van der Waals surface area contributed by atoms with E-state index in [1.807, 2.05) is 30.3 Å². The summed E-state index contributed by atoms with van der Waals surface area (Å²) in [5.41, 5.74) is 2.07. The van der Waals surface area contributed by atoms with Crippen molar-refractivity contribution in [2.45, 2.75) is 4.90 Å². The van der Waals surface area contributed by atoms with E-state index in [4.69, 9.17) is 12.2 Å². The average Bonchev–Trinajstić information content (AvgIpc) is 2.86. The number of aromatic nitrogens is 2. The second-order valence-corrected chi connectivity index (χ2v) is 10.0. The molecular weight excluding hydrogens is 510 g/mol. The fourth-order valence-electron chi connectivity index (χ4n) is 3.67. The number of benzene rings is 2. The zero-order valence-corrected chi connectivity index (χ0v) is 20.3. The summed E-state index contributed by atoms with van der Waals surface area (Å²) in [6, 6.07) is 12.9. The number of piperazine rings is 1. The monoisotopic (exact) mass is 531 g/mol. The highest BCUT2D eigenvalue weighted by Crippen LogP contribution is 2.30. The molecule has 4 N–H and O–H groups in total. The maximum atomic E-state index is 13.5. The lowest BCUT2D eigenvalue weighted by Gasteiger charge is -2.35. The van der Waals surface area contributed by atoms with Crippen molar-refractivity contribution in [3.63, 3.8) is 0 Å². The number of nitro benzene ring substituents is 1. The minimum Gasteiger partial charge on any atom is -0.494 e. The molecule has 36 heavy (non-hydrogen) atoms. The molecule has 2 heterocycles. The highest BCUT2D eigenvalue weighted by atomic mass is 32.2. The molecule has 2 aromatic carbocycles. The smallest absolute Gasteiger partial charge is 0.270 e. The molecule has 1 fully saturated rings. The van der Waals surface area contributed by atoms with Gasteiger partial charge in [0.25, 0.3) is 11.2 Å². The van der Waals surface area contributed by atoms with Gasteiger partial charge in [0.05, 0.1) is 16.8 Å². The van der Waals surface area contributed by atoms with E-state index in [0.717, 1.165) is 24.0 Å². The van der Waals surface area contributed by atoms with Crippen LogP contribution in [0.4, 0.5) is 17.1 Å². The van der Waals surface area contributed by atoms with Crippen LogP contribution in [0.5, 0.6) is 5.88 Å². The number of hydrogen-bond acceptors (Lipinski definition) is 10. The van der Waals surface area contributed by atoms with Gasteiger partial charge in [0.15, 0.2) is 4.77 Å². The van der Waals surface area contributed by atoms with Gasteiger partial charge in [-0.2, -0.15) is 9.41 Å². The highest BCUT2D eigenvalue weighted by Gasteiger charge is 2.32. The summed E-state index contributed by atoms with van der Waals surface area (Å²) in [5, 5.41) is 25.1. The lowest BCUT2D eigenvalue weighted by atomic mass is 10.2. The first-order valence-corrected chi connectivity index (χ1v) is 12.4. The first kappa shape index (κ1) is 25.0. The zero-order valence-electron chi connectivity index (χ0n) is 18.6. The van der Waals surface area contributed by atoms with Gasteiger partial charge in [0.2, 0.25) is 15.9 Å². The van der Waals surface area contributed by atoms with E-state index in [1.54, 1.807) is 0 Å². The number of aromatic hydroxyl groups is 1. The van der Waals surface area contributed by atoms with E-state index in [0.29, 0.717) is 13.1 Å². The van der Waals surface area contributed by atoms with Crippen LogP contribution < -0.4 is 15.9 Å². The minimum absolute atomic E-state index is 0.0397. The average molecular weight is 532 g/mol. The van der Waals surface area contributed by atoms with Gasteiger partial charge in [0.1, 0.15) is 10.5 Å². The maximum absolute atomic E-state index is 13.5. The van der Waals surface area contributed by atoms with Crippen molar-refractivity contribution < 1.29 is 18.4 Å². The SMILES string of the molecule is O=c1[nH]c(=S)[nH]c(O)c1C=NNc1ccc([N+](=O)[O-])cc1S(=O)(=O)N1CCN(c2ccccc2)CC1. The Morgan fingerprint density at radius 2 is 1.81 bits per heavy atom. The van der Waals surface area contributed by atoms with Crippen LogP contribution in [0, 0.1) is 14.9 Å². The molecule has 188 valence electrons. The summed E-state index contributed by atoms with van der Waals surface area (Å²) < 4.78 is 28.1. The van der Waals surface area contributed by atoms with Crippen molar-refractivity contribution in [3.8, 4) is 5.88 Å². The van der Waals surface area contributed by atoms with Gasteiger partial charge >= 0.3 is 0 Å². The number of aromatic amines is 2. The fraction of sp³-hybridized carbons (Fsp3) is 0.190. The summed E-state index contributed by atoms with van der Waals surface area (Å²) >= 11 is 4.76. The Kier molecular flexibility index (Phi) is 7.14. The van der Waals surface area contributed by atoms with Gasteiger partial charge in [-0.25, -0.2) is 8.42 Å². The molecule has 15 heteroatoms. The van der Waals surface area contributed by atoms with Gasteiger partial charge in [-0.15, -0.1) is 0 Å². The standard InChI is InChI=1S/C21H21N7O6S2/c29-19-16(20(30)24-21(35)23-19)13-22-25-17-7-6-15(28(31)32)12-18(17)36(33,34)27-10-8-26(9-11-27)14-4-2-1-3-5-14/h1-7,12-13,25H,8-11H2,(H3,23,24,29,30,35). The van der Waals surface area contributed by atoms with Gasteiger partial charge in [0, 0.05) is 44.0 Å². The van der Waals surface area contributed by atoms with Crippen molar-refractivity contribution in [1.82, 2.24) is 14.3 Å². The topological polar surface area (TPSA) is 177 Å². The zero-order chi connectivity index (χ0) is 25.9. The molecule has 0 unspecified atom stereocenters. The number of nitrogens with zero attached hydrogens (tertiary/aromatic N) is 4. The predicted octanol–water partition coefficient (Wildman–Crippen LogP) is 2.00. The molecule has 13 nitrogen and oxygen atoms in total. The summed E-state index contributed by atoms with van der Waals surface area (Å²) in [6.45, 7) is 1.23. The molecule has 3 aromatic rings. The fourth-order valence-corrected chi connectivity index (χ4v) is 5.44. The quantitative estimate of drug-likeness (QED) is 0.154. The third-order valence-corrected chi connectivity index (χ3v) is 7.63. The molecule has 0 bridgehead atoms. The number of non-ortho nitro benzene ring substituents is 1. The van der Waals surface area contributed by atoms with Crippen LogP contribution >= 0.6 is 12.2 Å². The van der Waals surface area contributed by atoms with Crippen molar-refractivity contribution in [1.29, 1.82) is 0 Å². The van der Waals surface area contributed by atoms with Crippen LogP contribution in [0.25, 0.3) is 0 Å². The second-order valence-electron chi connectivity index (χ2n) is 7.70. The molecule has 0 radical (unpaired) electrons. The number of hydrogen-bond donors (Lipinski definition) is 4. The summed E-state index contributed by atoms with van der Waals surface area (Å²) in [5.74, 6) is -0.526. The molecule has 0 spiro atoms. The third-order valence-electron chi connectivity index (χ3n) is 5.49. The van der Waals surface area contributed by atoms with Crippen LogP contribution in [0.15, 0.2) is 63.3 Å². The summed E-state index contributed by atoms with van der Waals surface area (Å²) in [6.07, 6.45) is 0.968. The van der Waals surface area contributed by atoms with Gasteiger partial charge in [-0.05, 0) is 30.4 Å². The van der Waals surface area contributed by atoms with E-state index in [2.05, 4.69) is 25.4 Å². The summed E-state index contributed by atoms with van der Waals surface area (Å²) in [7, 11) is -4.14. The number of hydrazone groups is 1. The Balaban J connectivity index is 1.60. The minimum atomic E-state index is -4.14. The predicted molar refractivity (Wildman–Crippen MR) is 136 cm³/mol. The Morgan fingerprint density at radius 3 is 2.44 bits per heavy atom. The van der Waals surface area contributed by atoms with Crippen molar-refractivity contribution in [3.05, 3.63) is 79.3 Å². The number of anilines is 2. The number of rotatable bonds is 7. The van der Waals surface area contributed by atoms with E-state index in [1.165, 1.54) is 10.4 Å². The maximum Gasteiger partial charge on any atom is 0.270 e. The lowest BCUT2D eigenvalue weighted by Crippen LogP contribution is -2.48. The third kappa shape index (κ3) is 5.27. The molecule has 0 saturated carbocycles. The van der Waals surface area contributed by atoms with Gasteiger partial charge < -0.3 is 15.0 Å². The number of nitro groups is 1. The second kappa shape index (κ2) is 10.3. The molecular formula is C21H21N7O6S2. The Labute approximate surface area is 209 Å². The first-order valence-electron chi connectivity index (χ1n) is 10.6. The van der Waals surface area contributed by atoms with E-state index in [-0.39, 0.29) is 34.0 Å². The van der Waals surface area contributed by atoms with Gasteiger partial charge in [-0.1, -0.05) is 18.2 Å². The number of sulfonamides is 1. The molecule has 1 aliphatic rings. The Morgan fingerprint density at radius 1 is 1.11 bits per heavy atom. The van der Waals surface area contributed by atoms with E-state index < -0.39 is 32.1 Å². The molecule has 0 aliphatic carbocycles. The Bertz CT molecular complexity index is 1530. The first-order chi connectivity index (χ1) is 17.2. The normalized spacial score (nSPS) is 14.7. The molecule has 1 saturated heterocycles. The molecule has 0 atom stereocenters. The lowest BCUT2D eigenvalue weighted by molar-refractivity contribution is -0.385. The molecule has 4 rings (SSSR count). The van der Waals surface area contributed by atoms with E-state index >= 15 is 0 Å². The molecule has 1 aliphatic heterocycles. The summed E-state index contributed by atoms with van der Waals surface area (Å²) in [4.78, 5) is 29.0. The highest BCUT2D eigenvalue weighted by molar-refractivity contribution is 7.89. The van der Waals surface area contributed by atoms with Crippen molar-refractivity contribution in [2.75, 3.05) is 36.5 Å². The van der Waals surface area contributed by atoms with Crippen LogP contribution in [-0.2, 0) is 10.0 Å². The van der Waals surface area contributed by atoms with Crippen LogP contribution in [-0.4, -0.2) is 65.1 Å². The van der Waals surface area contributed by atoms with Crippen LogP contribution in [0.3, 0.4) is 0 Å². The number of nitrogens with one attached hydrogen (secondary N) is 3.